The molecule has 0 fully saturated rings. The molecule has 0 unspecified atom stereocenters. The fraction of sp³-hybridized carbons (Fsp3) is 0.562. The Morgan fingerprint density at radius 2 is 1.83 bits per heavy atom. The zero-order valence-electron chi connectivity index (χ0n) is 14.5. The number of nitrogens with zero attached hydrogens (tertiary/aromatic N) is 1. The van der Waals surface area contributed by atoms with Crippen LogP contribution in [0.4, 0.5) is 0 Å². The molecular weight excluding hydrogens is 318 g/mol. The number of hydrogen-bond acceptors (Lipinski definition) is 4. The molecule has 0 aliphatic carbocycles. The molecule has 1 aromatic carbocycles. The summed E-state index contributed by atoms with van der Waals surface area (Å²) in [5, 5.41) is 9.08. The number of rotatable bonds is 7. The maximum atomic E-state index is 13.0. The van der Waals surface area contributed by atoms with Gasteiger partial charge < -0.3 is 5.11 Å². The number of carbonyl (C=O) groups is 1. The summed E-state index contributed by atoms with van der Waals surface area (Å²) < 4.78 is 27.0. The molecule has 0 aromatic heterocycles. The maximum absolute atomic E-state index is 13.0. The van der Waals surface area contributed by atoms with Gasteiger partial charge in [0, 0.05) is 6.04 Å². The largest absolute Gasteiger partial charge is 0.481 e. The van der Waals surface area contributed by atoms with Crippen LogP contribution in [0, 0.1) is 20.8 Å². The first-order valence-corrected chi connectivity index (χ1v) is 8.96. The van der Waals surface area contributed by atoms with Crippen molar-refractivity contribution < 1.29 is 23.2 Å². The minimum Gasteiger partial charge on any atom is -0.481 e. The molecule has 1 N–H and O–H groups in total. The first kappa shape index (κ1) is 19.6. The van der Waals surface area contributed by atoms with E-state index in [2.05, 4.69) is 0 Å². The number of carboxylic acid groups (broad SMARTS) is 1. The standard InChI is InChI=1S/C16H25NO5S/c1-7-22-17(10(2)3)23(20,21)16-12(5)8-11(4)14(13(16)6)9-15(18)19/h8,10H,7,9H2,1-6H3,(H,18,19). The second-order valence-electron chi connectivity index (χ2n) is 5.79. The summed E-state index contributed by atoms with van der Waals surface area (Å²) in [5.41, 5.74) is 2.35. The minimum atomic E-state index is -3.88. The summed E-state index contributed by atoms with van der Waals surface area (Å²) in [6, 6.07) is 1.34. The van der Waals surface area contributed by atoms with E-state index in [1.165, 1.54) is 0 Å². The molecule has 23 heavy (non-hydrogen) atoms. The summed E-state index contributed by atoms with van der Waals surface area (Å²) in [4.78, 5) is 16.5. The highest BCUT2D eigenvalue weighted by molar-refractivity contribution is 7.89. The van der Waals surface area contributed by atoms with Crippen LogP contribution in [-0.4, -0.2) is 36.6 Å². The topological polar surface area (TPSA) is 83.9 Å². The van der Waals surface area contributed by atoms with Crippen LogP contribution in [0.1, 0.15) is 43.0 Å². The molecule has 0 radical (unpaired) electrons. The van der Waals surface area contributed by atoms with Gasteiger partial charge in [-0.2, -0.15) is 0 Å². The third-order valence-electron chi connectivity index (χ3n) is 3.56. The van der Waals surface area contributed by atoms with Gasteiger partial charge in [-0.15, -0.1) is 0 Å². The van der Waals surface area contributed by atoms with E-state index in [0.717, 1.165) is 10.0 Å². The van der Waals surface area contributed by atoms with E-state index < -0.39 is 16.0 Å². The van der Waals surface area contributed by atoms with Gasteiger partial charge in [0.2, 0.25) is 0 Å². The Bertz CT molecular complexity index is 695. The fourth-order valence-electron chi connectivity index (χ4n) is 2.74. The third-order valence-corrected chi connectivity index (χ3v) is 5.71. The number of aliphatic carboxylic acids is 1. The molecule has 0 spiro atoms. The van der Waals surface area contributed by atoms with Crippen LogP contribution in [0.25, 0.3) is 0 Å². The second-order valence-corrected chi connectivity index (χ2v) is 7.50. The van der Waals surface area contributed by atoms with Gasteiger partial charge in [-0.05, 0) is 63.8 Å². The molecule has 0 saturated heterocycles. The van der Waals surface area contributed by atoms with E-state index in [4.69, 9.17) is 9.94 Å². The van der Waals surface area contributed by atoms with E-state index in [-0.39, 0.29) is 24.0 Å². The van der Waals surface area contributed by atoms with Crippen molar-refractivity contribution in [1.82, 2.24) is 4.47 Å². The van der Waals surface area contributed by atoms with Crippen LogP contribution >= 0.6 is 0 Å². The second kappa shape index (κ2) is 7.42. The highest BCUT2D eigenvalue weighted by Gasteiger charge is 2.32. The van der Waals surface area contributed by atoms with Crippen LogP contribution in [0.2, 0.25) is 0 Å². The van der Waals surface area contributed by atoms with Gasteiger partial charge in [0.25, 0.3) is 10.0 Å². The Hall–Kier alpha value is -1.44. The van der Waals surface area contributed by atoms with Crippen molar-refractivity contribution in [3.8, 4) is 0 Å². The Balaban J connectivity index is 3.61. The summed E-state index contributed by atoms with van der Waals surface area (Å²) in [5.74, 6) is -0.992. The van der Waals surface area contributed by atoms with E-state index in [0.29, 0.717) is 16.7 Å². The molecule has 0 saturated carbocycles. The lowest BCUT2D eigenvalue weighted by molar-refractivity contribution is -0.136. The average molecular weight is 343 g/mol. The first-order valence-electron chi connectivity index (χ1n) is 7.52. The van der Waals surface area contributed by atoms with E-state index in [9.17, 15) is 13.2 Å². The number of carboxylic acids is 1. The smallest absolute Gasteiger partial charge is 0.307 e. The normalized spacial score (nSPS) is 12.2. The fourth-order valence-corrected chi connectivity index (χ4v) is 4.69. The maximum Gasteiger partial charge on any atom is 0.307 e. The van der Waals surface area contributed by atoms with Crippen LogP contribution in [0.5, 0.6) is 0 Å². The predicted octanol–water partition coefficient (Wildman–Crippen LogP) is 2.59. The van der Waals surface area contributed by atoms with Gasteiger partial charge in [0.15, 0.2) is 0 Å². The van der Waals surface area contributed by atoms with Crippen molar-refractivity contribution in [2.75, 3.05) is 6.61 Å². The molecule has 1 rings (SSSR count). The van der Waals surface area contributed by atoms with Gasteiger partial charge in [0.1, 0.15) is 0 Å². The van der Waals surface area contributed by atoms with Gasteiger partial charge in [-0.1, -0.05) is 10.5 Å². The van der Waals surface area contributed by atoms with E-state index >= 15 is 0 Å². The lowest BCUT2D eigenvalue weighted by Gasteiger charge is -2.27. The molecule has 0 aliphatic heterocycles. The molecule has 0 atom stereocenters. The summed E-state index contributed by atoms with van der Waals surface area (Å²) >= 11 is 0. The monoisotopic (exact) mass is 343 g/mol. The minimum absolute atomic E-state index is 0.126. The summed E-state index contributed by atoms with van der Waals surface area (Å²) in [6.45, 7) is 10.5. The summed E-state index contributed by atoms with van der Waals surface area (Å²) in [7, 11) is -3.88. The molecule has 6 nitrogen and oxygen atoms in total. The number of hydroxylamine groups is 1. The Kier molecular flexibility index (Phi) is 6.33. The van der Waals surface area contributed by atoms with Crippen molar-refractivity contribution in [3.63, 3.8) is 0 Å². The molecule has 7 heteroatoms. The molecule has 0 heterocycles. The van der Waals surface area contributed by atoms with Crippen molar-refractivity contribution in [2.24, 2.45) is 0 Å². The SMILES string of the molecule is CCON(C(C)C)S(=O)(=O)c1c(C)cc(C)c(CC(=O)O)c1C. The van der Waals surface area contributed by atoms with Crippen LogP contribution < -0.4 is 0 Å². The van der Waals surface area contributed by atoms with Gasteiger partial charge in [0.05, 0.1) is 17.9 Å². The zero-order chi connectivity index (χ0) is 17.9. The molecule has 130 valence electrons. The zero-order valence-corrected chi connectivity index (χ0v) is 15.3. The predicted molar refractivity (Wildman–Crippen MR) is 87.8 cm³/mol. The number of benzene rings is 1. The van der Waals surface area contributed by atoms with Gasteiger partial charge >= 0.3 is 5.97 Å². The van der Waals surface area contributed by atoms with Crippen LogP contribution in [0.15, 0.2) is 11.0 Å². The number of hydrogen-bond donors (Lipinski definition) is 1. The lowest BCUT2D eigenvalue weighted by Crippen LogP contribution is -2.37. The Morgan fingerprint density at radius 1 is 1.26 bits per heavy atom. The molecule has 1 aromatic rings. The summed E-state index contributed by atoms with van der Waals surface area (Å²) in [6.07, 6.45) is -0.212. The van der Waals surface area contributed by atoms with Gasteiger partial charge in [-0.3, -0.25) is 9.63 Å². The highest BCUT2D eigenvalue weighted by Crippen LogP contribution is 2.30. The number of sulfonamides is 1. The molecular formula is C16H25NO5S. The van der Waals surface area contributed by atoms with Crippen LogP contribution in [-0.2, 0) is 26.1 Å². The average Bonchev–Trinajstić information content (AvgIpc) is 2.39. The lowest BCUT2D eigenvalue weighted by atomic mass is 9.97. The van der Waals surface area contributed by atoms with Crippen molar-refractivity contribution >= 4 is 16.0 Å². The molecule has 0 aliphatic rings. The quantitative estimate of drug-likeness (QED) is 0.769. The van der Waals surface area contributed by atoms with Crippen LogP contribution in [0.3, 0.4) is 0 Å². The van der Waals surface area contributed by atoms with Gasteiger partial charge in [-0.25, -0.2) is 8.42 Å². The highest BCUT2D eigenvalue weighted by atomic mass is 32.2. The van der Waals surface area contributed by atoms with Crippen molar-refractivity contribution in [1.29, 1.82) is 0 Å². The van der Waals surface area contributed by atoms with Crippen molar-refractivity contribution in [2.45, 2.75) is 58.9 Å². The van der Waals surface area contributed by atoms with E-state index in [1.54, 1.807) is 47.6 Å². The molecule has 0 bridgehead atoms. The Morgan fingerprint density at radius 3 is 2.26 bits per heavy atom. The number of aryl methyl sites for hydroxylation is 2. The molecule has 0 amide bonds. The van der Waals surface area contributed by atoms with Crippen molar-refractivity contribution in [3.05, 3.63) is 28.3 Å². The first-order chi connectivity index (χ1) is 10.5. The third kappa shape index (κ3) is 4.10. The Labute approximate surface area is 138 Å². The van der Waals surface area contributed by atoms with E-state index in [1.807, 2.05) is 0 Å².